The second-order valence-electron chi connectivity index (χ2n) is 5.08. The molecule has 0 aliphatic carbocycles. The van der Waals surface area contributed by atoms with Gasteiger partial charge in [0, 0.05) is 22.8 Å². The number of benzene rings is 2. The minimum atomic E-state index is 0.371. The van der Waals surface area contributed by atoms with Crippen molar-refractivity contribution in [2.45, 2.75) is 17.5 Å². The molecule has 24 heavy (non-hydrogen) atoms. The standard InChI is InChI=1S/C17H15Cl2N3OS/c1-22-16(10-23-14-5-3-2-4-6-14)20-21-17(22)24-11-12-7-8-13(18)9-15(12)19/h2-9H,10-11H2,1H3. The molecule has 0 radical (unpaired) electrons. The maximum Gasteiger partial charge on any atom is 0.191 e. The number of rotatable bonds is 6. The van der Waals surface area contributed by atoms with Crippen molar-refractivity contribution in [3.05, 3.63) is 70.0 Å². The fourth-order valence-electron chi connectivity index (χ4n) is 2.04. The lowest BCUT2D eigenvalue weighted by Crippen LogP contribution is -2.04. The van der Waals surface area contributed by atoms with Gasteiger partial charge in [-0.3, -0.25) is 0 Å². The van der Waals surface area contributed by atoms with Gasteiger partial charge in [0.1, 0.15) is 12.4 Å². The Balaban J connectivity index is 1.62. The average Bonchev–Trinajstić information content (AvgIpc) is 2.93. The number of halogens is 2. The molecule has 0 unspecified atom stereocenters. The van der Waals surface area contributed by atoms with Crippen LogP contribution in [0.25, 0.3) is 0 Å². The molecule has 1 aromatic heterocycles. The van der Waals surface area contributed by atoms with Crippen LogP contribution < -0.4 is 4.74 Å². The summed E-state index contributed by atoms with van der Waals surface area (Å²) in [6.45, 7) is 0.371. The van der Waals surface area contributed by atoms with Gasteiger partial charge in [-0.15, -0.1) is 10.2 Å². The van der Waals surface area contributed by atoms with Crippen LogP contribution in [0.1, 0.15) is 11.4 Å². The van der Waals surface area contributed by atoms with E-state index in [2.05, 4.69) is 10.2 Å². The van der Waals surface area contributed by atoms with Crippen molar-refractivity contribution in [1.29, 1.82) is 0 Å². The summed E-state index contributed by atoms with van der Waals surface area (Å²) in [5.74, 6) is 2.27. The van der Waals surface area contributed by atoms with E-state index in [0.717, 1.165) is 22.3 Å². The van der Waals surface area contributed by atoms with Gasteiger partial charge in [0.25, 0.3) is 0 Å². The van der Waals surface area contributed by atoms with Crippen molar-refractivity contribution in [3.8, 4) is 5.75 Å². The quantitative estimate of drug-likeness (QED) is 0.565. The molecule has 0 aliphatic heterocycles. The minimum Gasteiger partial charge on any atom is -0.486 e. The SMILES string of the molecule is Cn1c(COc2ccccc2)nnc1SCc1ccc(Cl)cc1Cl. The lowest BCUT2D eigenvalue weighted by Gasteiger charge is -2.07. The molecule has 0 bridgehead atoms. The van der Waals surface area contributed by atoms with Crippen LogP contribution in [0, 0.1) is 0 Å². The van der Waals surface area contributed by atoms with Crippen molar-refractivity contribution in [2.24, 2.45) is 7.05 Å². The van der Waals surface area contributed by atoms with Gasteiger partial charge in [-0.25, -0.2) is 0 Å². The molecule has 0 aliphatic rings. The number of para-hydroxylation sites is 1. The fraction of sp³-hybridized carbons (Fsp3) is 0.176. The molecule has 0 saturated heterocycles. The highest BCUT2D eigenvalue weighted by molar-refractivity contribution is 7.98. The van der Waals surface area contributed by atoms with E-state index in [-0.39, 0.29) is 0 Å². The van der Waals surface area contributed by atoms with Crippen LogP contribution in [0.5, 0.6) is 5.75 Å². The zero-order chi connectivity index (χ0) is 16.9. The van der Waals surface area contributed by atoms with Crippen LogP contribution in [0.3, 0.4) is 0 Å². The van der Waals surface area contributed by atoms with E-state index in [1.807, 2.05) is 54.1 Å². The molecule has 7 heteroatoms. The van der Waals surface area contributed by atoms with E-state index >= 15 is 0 Å². The van der Waals surface area contributed by atoms with Crippen LogP contribution in [0.15, 0.2) is 53.7 Å². The Morgan fingerprint density at radius 1 is 1.08 bits per heavy atom. The Bertz CT molecular complexity index is 824. The molecule has 0 saturated carbocycles. The van der Waals surface area contributed by atoms with Gasteiger partial charge in [0.2, 0.25) is 0 Å². The monoisotopic (exact) mass is 379 g/mol. The van der Waals surface area contributed by atoms with Crippen LogP contribution in [-0.4, -0.2) is 14.8 Å². The highest BCUT2D eigenvalue weighted by Gasteiger charge is 2.11. The summed E-state index contributed by atoms with van der Waals surface area (Å²) in [6, 6.07) is 15.1. The van der Waals surface area contributed by atoms with Crippen molar-refractivity contribution in [3.63, 3.8) is 0 Å². The first kappa shape index (κ1) is 17.1. The number of hydrogen-bond donors (Lipinski definition) is 0. The third-order valence-electron chi connectivity index (χ3n) is 3.41. The summed E-state index contributed by atoms with van der Waals surface area (Å²) in [5.41, 5.74) is 1.01. The Labute approximate surface area is 154 Å². The van der Waals surface area contributed by atoms with Crippen LogP contribution >= 0.6 is 35.0 Å². The second kappa shape index (κ2) is 7.92. The molecule has 1 heterocycles. The summed E-state index contributed by atoms with van der Waals surface area (Å²) in [6.07, 6.45) is 0. The first-order valence-electron chi connectivity index (χ1n) is 7.26. The van der Waals surface area contributed by atoms with E-state index in [1.165, 1.54) is 0 Å². The number of ether oxygens (including phenoxy) is 1. The van der Waals surface area contributed by atoms with E-state index in [9.17, 15) is 0 Å². The number of hydrogen-bond acceptors (Lipinski definition) is 4. The molecular formula is C17H15Cl2N3OS. The van der Waals surface area contributed by atoms with Gasteiger partial charge in [0.05, 0.1) is 0 Å². The second-order valence-corrected chi connectivity index (χ2v) is 6.87. The molecule has 3 rings (SSSR count). The summed E-state index contributed by atoms with van der Waals surface area (Å²) >= 11 is 13.7. The van der Waals surface area contributed by atoms with E-state index < -0.39 is 0 Å². The molecule has 0 amide bonds. The lowest BCUT2D eigenvalue weighted by molar-refractivity contribution is 0.290. The predicted octanol–water partition coefficient (Wildman–Crippen LogP) is 4.99. The molecule has 2 aromatic carbocycles. The Morgan fingerprint density at radius 3 is 2.62 bits per heavy atom. The fourth-order valence-corrected chi connectivity index (χ4v) is 3.53. The van der Waals surface area contributed by atoms with Crippen LogP contribution in [-0.2, 0) is 19.4 Å². The Hall–Kier alpha value is -1.69. The third kappa shape index (κ3) is 4.23. The molecular weight excluding hydrogens is 365 g/mol. The molecule has 124 valence electrons. The molecule has 0 fully saturated rings. The summed E-state index contributed by atoms with van der Waals surface area (Å²) in [5, 5.41) is 10.5. The number of aromatic nitrogens is 3. The van der Waals surface area contributed by atoms with Gasteiger partial charge in [-0.05, 0) is 29.8 Å². The summed E-state index contributed by atoms with van der Waals surface area (Å²) in [4.78, 5) is 0. The average molecular weight is 380 g/mol. The van der Waals surface area contributed by atoms with Crippen molar-refractivity contribution >= 4 is 35.0 Å². The highest BCUT2D eigenvalue weighted by Crippen LogP contribution is 2.27. The molecule has 4 nitrogen and oxygen atoms in total. The highest BCUT2D eigenvalue weighted by atomic mass is 35.5. The first-order valence-corrected chi connectivity index (χ1v) is 9.00. The van der Waals surface area contributed by atoms with Gasteiger partial charge in [-0.1, -0.05) is 59.2 Å². The maximum atomic E-state index is 6.20. The smallest absolute Gasteiger partial charge is 0.191 e. The summed E-state index contributed by atoms with van der Waals surface area (Å²) < 4.78 is 7.64. The van der Waals surface area contributed by atoms with Crippen LogP contribution in [0.4, 0.5) is 0 Å². The van der Waals surface area contributed by atoms with Gasteiger partial charge in [-0.2, -0.15) is 0 Å². The van der Waals surface area contributed by atoms with E-state index in [1.54, 1.807) is 17.8 Å². The Morgan fingerprint density at radius 2 is 1.88 bits per heavy atom. The molecule has 0 atom stereocenters. The predicted molar refractivity (Wildman–Crippen MR) is 97.8 cm³/mol. The molecule has 3 aromatic rings. The van der Waals surface area contributed by atoms with E-state index in [0.29, 0.717) is 22.4 Å². The van der Waals surface area contributed by atoms with Crippen molar-refractivity contribution in [2.75, 3.05) is 0 Å². The normalized spacial score (nSPS) is 10.8. The first-order chi connectivity index (χ1) is 11.6. The van der Waals surface area contributed by atoms with Crippen molar-refractivity contribution < 1.29 is 4.74 Å². The topological polar surface area (TPSA) is 39.9 Å². The van der Waals surface area contributed by atoms with Crippen LogP contribution in [0.2, 0.25) is 10.0 Å². The maximum absolute atomic E-state index is 6.20. The number of nitrogens with zero attached hydrogens (tertiary/aromatic N) is 3. The number of thioether (sulfide) groups is 1. The Kier molecular flexibility index (Phi) is 5.66. The summed E-state index contributed by atoms with van der Waals surface area (Å²) in [7, 11) is 1.93. The minimum absolute atomic E-state index is 0.371. The van der Waals surface area contributed by atoms with E-state index in [4.69, 9.17) is 27.9 Å². The van der Waals surface area contributed by atoms with Gasteiger partial charge < -0.3 is 9.30 Å². The van der Waals surface area contributed by atoms with Gasteiger partial charge in [0.15, 0.2) is 11.0 Å². The zero-order valence-corrected chi connectivity index (χ0v) is 15.3. The van der Waals surface area contributed by atoms with Crippen molar-refractivity contribution in [1.82, 2.24) is 14.8 Å². The molecule has 0 N–H and O–H groups in total. The van der Waals surface area contributed by atoms with Gasteiger partial charge >= 0.3 is 0 Å². The molecule has 0 spiro atoms. The lowest BCUT2D eigenvalue weighted by atomic mass is 10.2. The largest absolute Gasteiger partial charge is 0.486 e. The third-order valence-corrected chi connectivity index (χ3v) is 5.06. The zero-order valence-electron chi connectivity index (χ0n) is 12.9.